The Labute approximate surface area is 139 Å². The molecule has 0 aliphatic rings. The largest absolute Gasteiger partial charge is 0.352 e. The van der Waals surface area contributed by atoms with E-state index < -0.39 is 4.92 Å². The number of carbonyl (C=O) groups excluding carboxylic acids is 1. The van der Waals surface area contributed by atoms with Crippen molar-refractivity contribution in [3.8, 4) is 0 Å². The zero-order valence-corrected chi connectivity index (χ0v) is 12.9. The molecule has 120 valence electrons. The fourth-order valence-corrected chi connectivity index (χ4v) is 2.62. The molecule has 0 spiro atoms. The van der Waals surface area contributed by atoms with Gasteiger partial charge in [-0.2, -0.15) is 0 Å². The second kappa shape index (κ2) is 6.91. The van der Waals surface area contributed by atoms with Crippen molar-refractivity contribution in [3.05, 3.63) is 88.0 Å². The van der Waals surface area contributed by atoms with Crippen LogP contribution in [0, 0.1) is 10.1 Å². The highest BCUT2D eigenvalue weighted by Gasteiger charge is 2.09. The highest BCUT2D eigenvalue weighted by Crippen LogP contribution is 2.18. The van der Waals surface area contributed by atoms with Gasteiger partial charge in [0.1, 0.15) is 0 Å². The van der Waals surface area contributed by atoms with E-state index in [1.54, 1.807) is 12.1 Å². The standard InChI is InChI=1S/C19H16N2O3/c22-19(18-7-3-5-15-4-1-2-6-17(15)18)20-13-12-14-8-10-16(11-9-14)21(23)24/h1-11H,12-13H2,(H,20,22). The van der Waals surface area contributed by atoms with Crippen LogP contribution in [0.1, 0.15) is 15.9 Å². The minimum Gasteiger partial charge on any atom is -0.352 e. The maximum atomic E-state index is 12.4. The maximum absolute atomic E-state index is 12.4. The minimum absolute atomic E-state index is 0.0681. The predicted octanol–water partition coefficient (Wildman–Crippen LogP) is 3.72. The fraction of sp³-hybridized carbons (Fsp3) is 0.105. The van der Waals surface area contributed by atoms with E-state index in [1.165, 1.54) is 12.1 Å². The van der Waals surface area contributed by atoms with Crippen molar-refractivity contribution in [1.82, 2.24) is 5.32 Å². The van der Waals surface area contributed by atoms with Crippen LogP contribution in [0.5, 0.6) is 0 Å². The van der Waals surface area contributed by atoms with Gasteiger partial charge in [-0.3, -0.25) is 14.9 Å². The number of rotatable bonds is 5. The van der Waals surface area contributed by atoms with E-state index in [-0.39, 0.29) is 11.6 Å². The second-order valence-electron chi connectivity index (χ2n) is 5.46. The predicted molar refractivity (Wildman–Crippen MR) is 93.1 cm³/mol. The smallest absolute Gasteiger partial charge is 0.269 e. The molecule has 3 rings (SSSR count). The molecule has 0 bridgehead atoms. The summed E-state index contributed by atoms with van der Waals surface area (Å²) in [6.45, 7) is 0.472. The normalized spacial score (nSPS) is 10.5. The summed E-state index contributed by atoms with van der Waals surface area (Å²) >= 11 is 0. The molecule has 3 aromatic rings. The number of nitro groups is 1. The quantitative estimate of drug-likeness (QED) is 0.575. The maximum Gasteiger partial charge on any atom is 0.269 e. The van der Waals surface area contributed by atoms with Gasteiger partial charge in [-0.25, -0.2) is 0 Å². The van der Waals surface area contributed by atoms with E-state index >= 15 is 0 Å². The molecule has 0 aromatic heterocycles. The lowest BCUT2D eigenvalue weighted by Gasteiger charge is -2.08. The zero-order valence-electron chi connectivity index (χ0n) is 12.9. The van der Waals surface area contributed by atoms with E-state index in [1.807, 2.05) is 42.5 Å². The summed E-state index contributed by atoms with van der Waals surface area (Å²) < 4.78 is 0. The number of benzene rings is 3. The molecule has 0 unspecified atom stereocenters. The van der Waals surface area contributed by atoms with Crippen molar-refractivity contribution < 1.29 is 9.72 Å². The number of amides is 1. The molecule has 0 aliphatic carbocycles. The minimum atomic E-state index is -0.425. The molecule has 0 saturated heterocycles. The second-order valence-corrected chi connectivity index (χ2v) is 5.46. The molecule has 5 heteroatoms. The topological polar surface area (TPSA) is 72.2 Å². The lowest BCUT2D eigenvalue weighted by molar-refractivity contribution is -0.384. The Bertz CT molecular complexity index is 883. The third kappa shape index (κ3) is 3.41. The van der Waals surface area contributed by atoms with Gasteiger partial charge in [0.25, 0.3) is 11.6 Å². The third-order valence-electron chi connectivity index (χ3n) is 3.88. The van der Waals surface area contributed by atoms with Crippen LogP contribution in [0.25, 0.3) is 10.8 Å². The first-order chi connectivity index (χ1) is 11.6. The molecule has 0 fully saturated rings. The molecule has 1 amide bonds. The van der Waals surface area contributed by atoms with Crippen LogP contribution in [-0.4, -0.2) is 17.4 Å². The van der Waals surface area contributed by atoms with Crippen molar-refractivity contribution in [2.45, 2.75) is 6.42 Å². The molecule has 0 heterocycles. The molecular formula is C19H16N2O3. The molecule has 5 nitrogen and oxygen atoms in total. The average Bonchev–Trinajstić information content (AvgIpc) is 2.61. The van der Waals surface area contributed by atoms with Crippen LogP contribution in [0.3, 0.4) is 0 Å². The van der Waals surface area contributed by atoms with Gasteiger partial charge < -0.3 is 5.32 Å². The van der Waals surface area contributed by atoms with Crippen molar-refractivity contribution >= 4 is 22.4 Å². The first-order valence-corrected chi connectivity index (χ1v) is 7.64. The fourth-order valence-electron chi connectivity index (χ4n) is 2.62. The van der Waals surface area contributed by atoms with Crippen LogP contribution in [0.2, 0.25) is 0 Å². The van der Waals surface area contributed by atoms with Crippen LogP contribution >= 0.6 is 0 Å². The van der Waals surface area contributed by atoms with Crippen molar-refractivity contribution in [2.75, 3.05) is 6.54 Å². The number of fused-ring (bicyclic) bond motifs is 1. The molecule has 24 heavy (non-hydrogen) atoms. The Morgan fingerprint density at radius 3 is 2.42 bits per heavy atom. The molecular weight excluding hydrogens is 304 g/mol. The number of nitrogens with zero attached hydrogens (tertiary/aromatic N) is 1. The summed E-state index contributed by atoms with van der Waals surface area (Å²) in [4.78, 5) is 22.6. The lowest BCUT2D eigenvalue weighted by atomic mass is 10.0. The summed E-state index contributed by atoms with van der Waals surface area (Å²) in [6, 6.07) is 19.8. The van der Waals surface area contributed by atoms with Gasteiger partial charge in [-0.1, -0.05) is 48.5 Å². The van der Waals surface area contributed by atoms with Crippen molar-refractivity contribution in [3.63, 3.8) is 0 Å². The van der Waals surface area contributed by atoms with Gasteiger partial charge in [0.05, 0.1) is 4.92 Å². The molecule has 0 aliphatic heterocycles. The molecule has 0 radical (unpaired) electrons. The zero-order chi connectivity index (χ0) is 16.9. The summed E-state index contributed by atoms with van der Waals surface area (Å²) in [5, 5.41) is 15.5. The highest BCUT2D eigenvalue weighted by molar-refractivity contribution is 6.06. The Morgan fingerprint density at radius 2 is 1.67 bits per heavy atom. The monoisotopic (exact) mass is 320 g/mol. The summed E-state index contributed by atoms with van der Waals surface area (Å²) in [7, 11) is 0. The summed E-state index contributed by atoms with van der Waals surface area (Å²) in [6.07, 6.45) is 0.620. The van der Waals surface area contributed by atoms with Crippen LogP contribution in [-0.2, 0) is 6.42 Å². The van der Waals surface area contributed by atoms with E-state index in [4.69, 9.17) is 0 Å². The Kier molecular flexibility index (Phi) is 4.52. The first kappa shape index (κ1) is 15.7. The SMILES string of the molecule is O=C(NCCc1ccc([N+](=O)[O-])cc1)c1cccc2ccccc12. The van der Waals surface area contributed by atoms with Crippen molar-refractivity contribution in [1.29, 1.82) is 0 Å². The van der Waals surface area contributed by atoms with E-state index in [0.29, 0.717) is 18.5 Å². The summed E-state index contributed by atoms with van der Waals surface area (Å²) in [5.41, 5.74) is 1.66. The Balaban J connectivity index is 1.64. The van der Waals surface area contributed by atoms with Gasteiger partial charge in [-0.15, -0.1) is 0 Å². The summed E-state index contributed by atoms with van der Waals surface area (Å²) in [5.74, 6) is -0.117. The molecule has 0 atom stereocenters. The van der Waals surface area contributed by atoms with E-state index in [9.17, 15) is 14.9 Å². The lowest BCUT2D eigenvalue weighted by Crippen LogP contribution is -2.25. The van der Waals surface area contributed by atoms with E-state index in [0.717, 1.165) is 16.3 Å². The number of nitro benzene ring substituents is 1. The van der Waals surface area contributed by atoms with Gasteiger partial charge >= 0.3 is 0 Å². The number of hydrogen-bond donors (Lipinski definition) is 1. The van der Waals surface area contributed by atoms with Crippen LogP contribution < -0.4 is 5.32 Å². The van der Waals surface area contributed by atoms with Gasteiger partial charge in [0.15, 0.2) is 0 Å². The van der Waals surface area contributed by atoms with Crippen LogP contribution in [0.15, 0.2) is 66.7 Å². The Hall–Kier alpha value is -3.21. The van der Waals surface area contributed by atoms with Gasteiger partial charge in [0.2, 0.25) is 0 Å². The number of non-ortho nitro benzene ring substituents is 1. The highest BCUT2D eigenvalue weighted by atomic mass is 16.6. The number of carbonyl (C=O) groups is 1. The van der Waals surface area contributed by atoms with E-state index in [2.05, 4.69) is 5.32 Å². The van der Waals surface area contributed by atoms with Gasteiger partial charge in [-0.05, 0) is 28.8 Å². The number of nitrogens with one attached hydrogen (secondary N) is 1. The molecule has 3 aromatic carbocycles. The third-order valence-corrected chi connectivity index (χ3v) is 3.88. The van der Waals surface area contributed by atoms with Gasteiger partial charge in [0, 0.05) is 24.2 Å². The van der Waals surface area contributed by atoms with Crippen molar-refractivity contribution in [2.24, 2.45) is 0 Å². The average molecular weight is 320 g/mol. The molecule has 0 saturated carbocycles. The first-order valence-electron chi connectivity index (χ1n) is 7.64. The number of hydrogen-bond acceptors (Lipinski definition) is 3. The Morgan fingerprint density at radius 1 is 0.958 bits per heavy atom. The van der Waals surface area contributed by atoms with Crippen LogP contribution in [0.4, 0.5) is 5.69 Å². The molecule has 1 N–H and O–H groups in total.